The van der Waals surface area contributed by atoms with E-state index in [-0.39, 0.29) is 6.10 Å². The summed E-state index contributed by atoms with van der Waals surface area (Å²) in [6, 6.07) is 2.09. The van der Waals surface area contributed by atoms with E-state index in [0.29, 0.717) is 5.92 Å². The molecule has 0 spiro atoms. The van der Waals surface area contributed by atoms with E-state index in [1.807, 2.05) is 11.6 Å². The Morgan fingerprint density at radius 2 is 2.25 bits per heavy atom. The molecule has 1 heterocycles. The molecular formula is C13H22N2O. The average Bonchev–Trinajstić information content (AvgIpc) is 3.03. The van der Waals surface area contributed by atoms with Crippen LogP contribution in [0.25, 0.3) is 0 Å². The number of aryl methyl sites for hydroxylation is 2. The fourth-order valence-corrected chi connectivity index (χ4v) is 2.37. The van der Waals surface area contributed by atoms with Crippen LogP contribution in [0.3, 0.4) is 0 Å². The third kappa shape index (κ3) is 2.46. The summed E-state index contributed by atoms with van der Waals surface area (Å²) in [4.78, 5) is 0. The summed E-state index contributed by atoms with van der Waals surface area (Å²) in [5, 5.41) is 14.6. The number of hydrogen-bond donors (Lipinski definition) is 1. The third-order valence-electron chi connectivity index (χ3n) is 3.68. The number of aliphatic hydroxyl groups excluding tert-OH is 1. The zero-order valence-electron chi connectivity index (χ0n) is 10.5. The molecule has 1 aromatic rings. The van der Waals surface area contributed by atoms with E-state index >= 15 is 0 Å². The first-order valence-electron chi connectivity index (χ1n) is 6.33. The molecule has 0 bridgehead atoms. The molecule has 1 aromatic heterocycles. The molecule has 0 radical (unpaired) electrons. The Bertz CT molecular complexity index is 355. The number of aromatic nitrogens is 2. The lowest BCUT2D eigenvalue weighted by Gasteiger charge is -2.18. The van der Waals surface area contributed by atoms with Crippen LogP contribution in [0.1, 0.15) is 38.1 Å². The number of hydrogen-bond acceptors (Lipinski definition) is 2. The van der Waals surface area contributed by atoms with Gasteiger partial charge in [-0.2, -0.15) is 5.10 Å². The van der Waals surface area contributed by atoms with E-state index in [1.165, 1.54) is 18.5 Å². The second kappa shape index (κ2) is 4.58. The van der Waals surface area contributed by atoms with Gasteiger partial charge in [0.05, 0.1) is 11.8 Å². The first-order valence-corrected chi connectivity index (χ1v) is 6.33. The van der Waals surface area contributed by atoms with Gasteiger partial charge >= 0.3 is 0 Å². The minimum Gasteiger partial charge on any atom is -0.392 e. The second-order valence-electron chi connectivity index (χ2n) is 5.06. The molecule has 90 valence electrons. The molecule has 0 amide bonds. The predicted molar refractivity (Wildman–Crippen MR) is 64.2 cm³/mol. The molecule has 1 fully saturated rings. The van der Waals surface area contributed by atoms with Gasteiger partial charge in [0.15, 0.2) is 0 Å². The lowest BCUT2D eigenvalue weighted by molar-refractivity contribution is 0.103. The number of nitrogens with zero attached hydrogens (tertiary/aromatic N) is 2. The molecule has 3 nitrogen and oxygen atoms in total. The molecule has 1 N–H and O–H groups in total. The molecule has 0 aliphatic heterocycles. The van der Waals surface area contributed by atoms with E-state index in [0.717, 1.165) is 24.6 Å². The maximum absolute atomic E-state index is 10.2. The summed E-state index contributed by atoms with van der Waals surface area (Å²) in [6.07, 6.45) is 3.12. The van der Waals surface area contributed by atoms with E-state index in [2.05, 4.69) is 25.0 Å². The molecule has 1 aliphatic carbocycles. The highest BCUT2D eigenvalue weighted by molar-refractivity contribution is 5.10. The van der Waals surface area contributed by atoms with Gasteiger partial charge in [0, 0.05) is 18.7 Å². The van der Waals surface area contributed by atoms with E-state index in [4.69, 9.17) is 0 Å². The van der Waals surface area contributed by atoms with Crippen molar-refractivity contribution >= 4 is 0 Å². The quantitative estimate of drug-likeness (QED) is 0.829. The van der Waals surface area contributed by atoms with Crippen molar-refractivity contribution in [3.63, 3.8) is 0 Å². The summed E-state index contributed by atoms with van der Waals surface area (Å²) in [7, 11) is 0. The van der Waals surface area contributed by atoms with Crippen molar-refractivity contribution < 1.29 is 5.11 Å². The Morgan fingerprint density at radius 1 is 1.56 bits per heavy atom. The largest absolute Gasteiger partial charge is 0.392 e. The molecule has 2 rings (SSSR count). The van der Waals surface area contributed by atoms with Gasteiger partial charge in [-0.1, -0.05) is 6.92 Å². The molecule has 2 unspecified atom stereocenters. The van der Waals surface area contributed by atoms with E-state index in [1.54, 1.807) is 0 Å². The van der Waals surface area contributed by atoms with Crippen molar-refractivity contribution in [3.05, 3.63) is 17.5 Å². The third-order valence-corrected chi connectivity index (χ3v) is 3.68. The topological polar surface area (TPSA) is 38.0 Å². The maximum atomic E-state index is 10.2. The van der Waals surface area contributed by atoms with Gasteiger partial charge < -0.3 is 5.11 Å². The molecular weight excluding hydrogens is 200 g/mol. The summed E-state index contributed by atoms with van der Waals surface area (Å²) >= 11 is 0. The van der Waals surface area contributed by atoms with Crippen LogP contribution in [0.2, 0.25) is 0 Å². The van der Waals surface area contributed by atoms with Gasteiger partial charge in [0.25, 0.3) is 0 Å². The zero-order chi connectivity index (χ0) is 11.7. The SMILES string of the molecule is CCn1nc(C)cc1CC(O)C(C)C1CC1. The molecule has 0 aromatic carbocycles. The number of rotatable bonds is 5. The van der Waals surface area contributed by atoms with Gasteiger partial charge in [-0.05, 0) is 44.6 Å². The first kappa shape index (κ1) is 11.6. The molecule has 1 aliphatic rings. The summed E-state index contributed by atoms with van der Waals surface area (Å²) in [6.45, 7) is 7.15. The normalized spacial score (nSPS) is 19.8. The van der Waals surface area contributed by atoms with Crippen molar-refractivity contribution in [1.82, 2.24) is 9.78 Å². The van der Waals surface area contributed by atoms with Crippen LogP contribution in [0.4, 0.5) is 0 Å². The standard InChI is InChI=1S/C13H22N2O/c1-4-15-12(7-9(2)14-15)8-13(16)10(3)11-5-6-11/h7,10-11,13,16H,4-6,8H2,1-3H3. The van der Waals surface area contributed by atoms with Crippen molar-refractivity contribution in [3.8, 4) is 0 Å². The van der Waals surface area contributed by atoms with Gasteiger partial charge in [0.1, 0.15) is 0 Å². The predicted octanol–water partition coefficient (Wildman–Crippen LogP) is 2.16. The van der Waals surface area contributed by atoms with Gasteiger partial charge in [-0.25, -0.2) is 0 Å². The highest BCUT2D eigenvalue weighted by atomic mass is 16.3. The Morgan fingerprint density at radius 3 is 2.81 bits per heavy atom. The zero-order valence-corrected chi connectivity index (χ0v) is 10.5. The van der Waals surface area contributed by atoms with Crippen LogP contribution in [0, 0.1) is 18.8 Å². The molecule has 0 saturated heterocycles. The van der Waals surface area contributed by atoms with Gasteiger partial charge in [-0.15, -0.1) is 0 Å². The fraction of sp³-hybridized carbons (Fsp3) is 0.769. The fourth-order valence-electron chi connectivity index (χ4n) is 2.37. The first-order chi connectivity index (χ1) is 7.61. The highest BCUT2D eigenvalue weighted by Gasteiger charge is 2.32. The van der Waals surface area contributed by atoms with Crippen LogP contribution in [-0.4, -0.2) is 21.0 Å². The molecule has 16 heavy (non-hydrogen) atoms. The van der Waals surface area contributed by atoms with E-state index < -0.39 is 0 Å². The maximum Gasteiger partial charge on any atom is 0.0623 e. The van der Waals surface area contributed by atoms with Crippen molar-refractivity contribution in [2.45, 2.75) is 52.7 Å². The highest BCUT2D eigenvalue weighted by Crippen LogP contribution is 2.38. The molecule has 3 heteroatoms. The Hall–Kier alpha value is -0.830. The van der Waals surface area contributed by atoms with Gasteiger partial charge in [-0.3, -0.25) is 4.68 Å². The minimum atomic E-state index is -0.214. The van der Waals surface area contributed by atoms with E-state index in [9.17, 15) is 5.11 Å². The Balaban J connectivity index is 2.01. The molecule has 1 saturated carbocycles. The van der Waals surface area contributed by atoms with Crippen LogP contribution in [0.15, 0.2) is 6.07 Å². The Labute approximate surface area is 97.5 Å². The minimum absolute atomic E-state index is 0.214. The van der Waals surface area contributed by atoms with Crippen LogP contribution < -0.4 is 0 Å². The molecule has 2 atom stereocenters. The van der Waals surface area contributed by atoms with Gasteiger partial charge in [0.2, 0.25) is 0 Å². The van der Waals surface area contributed by atoms with Crippen molar-refractivity contribution in [2.75, 3.05) is 0 Å². The van der Waals surface area contributed by atoms with Crippen LogP contribution in [-0.2, 0) is 13.0 Å². The Kier molecular flexibility index (Phi) is 3.33. The average molecular weight is 222 g/mol. The smallest absolute Gasteiger partial charge is 0.0623 e. The lowest BCUT2D eigenvalue weighted by Crippen LogP contribution is -2.23. The summed E-state index contributed by atoms with van der Waals surface area (Å²) in [5.41, 5.74) is 2.21. The number of aliphatic hydroxyl groups is 1. The summed E-state index contributed by atoms with van der Waals surface area (Å²) < 4.78 is 2.00. The summed E-state index contributed by atoms with van der Waals surface area (Å²) in [5.74, 6) is 1.19. The van der Waals surface area contributed by atoms with Crippen molar-refractivity contribution in [1.29, 1.82) is 0 Å². The van der Waals surface area contributed by atoms with Crippen LogP contribution in [0.5, 0.6) is 0 Å². The second-order valence-corrected chi connectivity index (χ2v) is 5.06. The van der Waals surface area contributed by atoms with Crippen molar-refractivity contribution in [2.24, 2.45) is 11.8 Å². The monoisotopic (exact) mass is 222 g/mol. The lowest BCUT2D eigenvalue weighted by atomic mass is 9.95. The van der Waals surface area contributed by atoms with Crippen LogP contribution >= 0.6 is 0 Å².